The van der Waals surface area contributed by atoms with Gasteiger partial charge in [-0.1, -0.05) is 64.5 Å². The highest BCUT2D eigenvalue weighted by Gasteiger charge is 2.53. The standard InChI is InChI=1S/C25H27BrN4O4/c1-29-23(32)25(15-17-7-3-2-4-8-17)16-30(14-13-21(25)28-29)22(31)20(27-24(33)34)12-11-18-9-5-6-10-19(18)26/h2-10,20,27H,11-16H2,1H3,(H,33,34)/t20?,25-/m1/s1. The van der Waals surface area contributed by atoms with Gasteiger partial charge in [-0.25, -0.2) is 9.80 Å². The van der Waals surface area contributed by atoms with Crippen LogP contribution in [0.5, 0.6) is 0 Å². The van der Waals surface area contributed by atoms with Crippen LogP contribution in [-0.2, 0) is 22.4 Å². The molecule has 4 rings (SSSR count). The van der Waals surface area contributed by atoms with E-state index in [2.05, 4.69) is 26.3 Å². The summed E-state index contributed by atoms with van der Waals surface area (Å²) in [5.41, 5.74) is 1.83. The van der Waals surface area contributed by atoms with E-state index in [1.165, 1.54) is 5.01 Å². The van der Waals surface area contributed by atoms with Crippen molar-refractivity contribution < 1.29 is 19.5 Å². The minimum atomic E-state index is -1.25. The Morgan fingerprint density at radius 2 is 1.88 bits per heavy atom. The van der Waals surface area contributed by atoms with Crippen molar-refractivity contribution in [3.8, 4) is 0 Å². The third-order valence-corrected chi connectivity index (χ3v) is 7.30. The molecule has 3 amide bonds. The molecule has 2 aromatic rings. The third kappa shape index (κ3) is 4.84. The molecule has 178 valence electrons. The van der Waals surface area contributed by atoms with E-state index in [1.54, 1.807) is 11.9 Å². The van der Waals surface area contributed by atoms with E-state index in [-0.39, 0.29) is 18.4 Å². The number of rotatable bonds is 7. The molecule has 9 heteroatoms. The van der Waals surface area contributed by atoms with Gasteiger partial charge < -0.3 is 15.3 Å². The Labute approximate surface area is 206 Å². The monoisotopic (exact) mass is 526 g/mol. The zero-order chi connectivity index (χ0) is 24.3. The number of aryl methyl sites for hydroxylation is 1. The van der Waals surface area contributed by atoms with Gasteiger partial charge in [0.05, 0.1) is 5.71 Å². The minimum Gasteiger partial charge on any atom is -0.465 e. The number of hydrogen-bond acceptors (Lipinski definition) is 4. The van der Waals surface area contributed by atoms with Crippen LogP contribution in [0.4, 0.5) is 4.79 Å². The number of nitrogens with one attached hydrogen (secondary N) is 1. The lowest BCUT2D eigenvalue weighted by atomic mass is 9.73. The highest BCUT2D eigenvalue weighted by molar-refractivity contribution is 9.10. The molecule has 2 aliphatic heterocycles. The second-order valence-electron chi connectivity index (χ2n) is 8.76. The molecule has 34 heavy (non-hydrogen) atoms. The zero-order valence-corrected chi connectivity index (χ0v) is 20.5. The second-order valence-corrected chi connectivity index (χ2v) is 9.62. The number of piperidine rings is 1. The van der Waals surface area contributed by atoms with Gasteiger partial charge in [0.15, 0.2) is 0 Å². The van der Waals surface area contributed by atoms with E-state index in [4.69, 9.17) is 0 Å². The van der Waals surface area contributed by atoms with Crippen molar-refractivity contribution >= 4 is 39.5 Å². The molecule has 0 aromatic heterocycles. The Kier molecular flexibility index (Phi) is 7.02. The smallest absolute Gasteiger partial charge is 0.405 e. The molecule has 0 aliphatic carbocycles. The van der Waals surface area contributed by atoms with Gasteiger partial charge in [0, 0.05) is 31.0 Å². The number of hydrogen-bond donors (Lipinski definition) is 2. The molecule has 1 fully saturated rings. The molecule has 0 spiro atoms. The number of benzene rings is 2. The van der Waals surface area contributed by atoms with Crippen molar-refractivity contribution in [1.82, 2.24) is 15.2 Å². The predicted molar refractivity (Wildman–Crippen MR) is 131 cm³/mol. The number of likely N-dealkylation sites (tertiary alicyclic amines) is 1. The number of amides is 3. The normalized spacial score (nSPS) is 20.5. The molecule has 2 atom stereocenters. The molecule has 2 aliphatic rings. The topological polar surface area (TPSA) is 102 Å². The van der Waals surface area contributed by atoms with Crippen LogP contribution >= 0.6 is 15.9 Å². The summed E-state index contributed by atoms with van der Waals surface area (Å²) < 4.78 is 0.914. The third-order valence-electron chi connectivity index (χ3n) is 6.52. The van der Waals surface area contributed by atoms with E-state index in [9.17, 15) is 19.5 Å². The molecule has 2 aromatic carbocycles. The molecule has 0 bridgehead atoms. The van der Waals surface area contributed by atoms with Crippen molar-refractivity contribution in [2.45, 2.75) is 31.7 Å². The van der Waals surface area contributed by atoms with Gasteiger partial charge in [-0.15, -0.1) is 0 Å². The maximum atomic E-state index is 13.5. The first-order valence-electron chi connectivity index (χ1n) is 11.2. The molecular weight excluding hydrogens is 500 g/mol. The summed E-state index contributed by atoms with van der Waals surface area (Å²) >= 11 is 3.51. The first-order chi connectivity index (χ1) is 16.3. The summed E-state index contributed by atoms with van der Waals surface area (Å²) in [6, 6.07) is 16.4. The lowest BCUT2D eigenvalue weighted by molar-refractivity contribution is -0.140. The molecule has 2 heterocycles. The SMILES string of the molecule is CN1N=C2CCN(C(=O)C(CCc3ccccc3Br)NC(=O)O)C[C@@]2(Cc2ccccc2)C1=O. The van der Waals surface area contributed by atoms with Gasteiger partial charge in [0.1, 0.15) is 11.5 Å². The Morgan fingerprint density at radius 1 is 1.18 bits per heavy atom. The summed E-state index contributed by atoms with van der Waals surface area (Å²) in [6.45, 7) is 0.567. The summed E-state index contributed by atoms with van der Waals surface area (Å²) in [7, 11) is 1.64. The Balaban J connectivity index is 1.56. The first kappa shape index (κ1) is 23.9. The van der Waals surface area contributed by atoms with Crippen molar-refractivity contribution in [2.75, 3.05) is 20.1 Å². The summed E-state index contributed by atoms with van der Waals surface area (Å²) in [4.78, 5) is 39.9. The van der Waals surface area contributed by atoms with E-state index in [0.717, 1.165) is 21.3 Å². The van der Waals surface area contributed by atoms with Gasteiger partial charge in [0.25, 0.3) is 5.91 Å². The van der Waals surface area contributed by atoms with Crippen LogP contribution < -0.4 is 5.32 Å². The average molecular weight is 527 g/mol. The number of fused-ring (bicyclic) bond motifs is 1. The van der Waals surface area contributed by atoms with Crippen LogP contribution in [0.1, 0.15) is 24.0 Å². The van der Waals surface area contributed by atoms with E-state index in [0.29, 0.717) is 32.2 Å². The summed E-state index contributed by atoms with van der Waals surface area (Å²) in [5.74, 6) is -0.455. The average Bonchev–Trinajstić information content (AvgIpc) is 3.06. The fourth-order valence-corrected chi connectivity index (χ4v) is 5.33. The van der Waals surface area contributed by atoms with Crippen molar-refractivity contribution in [1.29, 1.82) is 0 Å². The van der Waals surface area contributed by atoms with Crippen LogP contribution in [0, 0.1) is 5.41 Å². The van der Waals surface area contributed by atoms with Gasteiger partial charge in [-0.05, 0) is 36.5 Å². The Hall–Kier alpha value is -3.20. The van der Waals surface area contributed by atoms with Crippen LogP contribution in [-0.4, -0.2) is 64.8 Å². The largest absolute Gasteiger partial charge is 0.465 e. The van der Waals surface area contributed by atoms with Crippen molar-refractivity contribution in [2.24, 2.45) is 10.5 Å². The Morgan fingerprint density at radius 3 is 2.59 bits per heavy atom. The number of hydrazone groups is 1. The number of carbonyl (C=O) groups excluding carboxylic acids is 2. The highest BCUT2D eigenvalue weighted by atomic mass is 79.9. The lowest BCUT2D eigenvalue weighted by Gasteiger charge is -2.40. The molecule has 0 saturated carbocycles. The molecular formula is C25H27BrN4O4. The maximum Gasteiger partial charge on any atom is 0.405 e. The number of nitrogens with zero attached hydrogens (tertiary/aromatic N) is 3. The van der Waals surface area contributed by atoms with Crippen molar-refractivity contribution in [3.63, 3.8) is 0 Å². The highest BCUT2D eigenvalue weighted by Crippen LogP contribution is 2.38. The van der Waals surface area contributed by atoms with E-state index in [1.807, 2.05) is 54.6 Å². The summed E-state index contributed by atoms with van der Waals surface area (Å²) in [6.07, 6.45) is 0.493. The van der Waals surface area contributed by atoms with E-state index < -0.39 is 17.6 Å². The van der Waals surface area contributed by atoms with Gasteiger partial charge in [-0.2, -0.15) is 5.10 Å². The summed E-state index contributed by atoms with van der Waals surface area (Å²) in [5, 5.41) is 17.6. The molecule has 1 saturated heterocycles. The van der Waals surface area contributed by atoms with Crippen LogP contribution in [0.2, 0.25) is 0 Å². The van der Waals surface area contributed by atoms with Gasteiger partial charge in [-0.3, -0.25) is 9.59 Å². The van der Waals surface area contributed by atoms with Gasteiger partial charge in [0.2, 0.25) is 5.91 Å². The first-order valence-corrected chi connectivity index (χ1v) is 12.0. The maximum absolute atomic E-state index is 13.5. The quantitative estimate of drug-likeness (QED) is 0.577. The Bertz CT molecular complexity index is 1120. The van der Waals surface area contributed by atoms with Crippen molar-refractivity contribution in [3.05, 3.63) is 70.2 Å². The number of halogens is 1. The fourth-order valence-electron chi connectivity index (χ4n) is 4.84. The minimum absolute atomic E-state index is 0.139. The van der Waals surface area contributed by atoms with Crippen LogP contribution in [0.15, 0.2) is 64.2 Å². The predicted octanol–water partition coefficient (Wildman–Crippen LogP) is 3.31. The number of carboxylic acid groups (broad SMARTS) is 1. The number of carbonyl (C=O) groups is 3. The van der Waals surface area contributed by atoms with E-state index >= 15 is 0 Å². The lowest BCUT2D eigenvalue weighted by Crippen LogP contribution is -2.58. The van der Waals surface area contributed by atoms with Gasteiger partial charge >= 0.3 is 6.09 Å². The molecule has 1 unspecified atom stereocenters. The zero-order valence-electron chi connectivity index (χ0n) is 18.9. The second kappa shape index (κ2) is 9.97. The molecule has 2 N–H and O–H groups in total. The fraction of sp³-hybridized carbons (Fsp3) is 0.360. The molecule has 8 nitrogen and oxygen atoms in total. The van der Waals surface area contributed by atoms with Crippen LogP contribution in [0.3, 0.4) is 0 Å². The molecule has 0 radical (unpaired) electrons. The van der Waals surface area contributed by atoms with Crippen LogP contribution in [0.25, 0.3) is 0 Å².